The minimum atomic E-state index is -0.564. The number of carbonyl (C=O) groups excluding carboxylic acids is 2. The van der Waals surface area contributed by atoms with Crippen molar-refractivity contribution < 1.29 is 14.0 Å². The minimum absolute atomic E-state index is 0.0392. The van der Waals surface area contributed by atoms with Gasteiger partial charge in [0.2, 0.25) is 11.8 Å². The number of thiocarbonyl (C=S) groups is 1. The molecule has 6 heteroatoms. The number of halogens is 1. The molecule has 2 amide bonds. The number of amides is 2. The molecule has 100 valence electrons. The summed E-state index contributed by atoms with van der Waals surface area (Å²) in [5.41, 5.74) is 5.78. The molecule has 0 aliphatic carbocycles. The normalized spacial score (nSPS) is 16.4. The monoisotopic (exact) mass is 280 g/mol. The first-order chi connectivity index (χ1) is 9.00. The highest BCUT2D eigenvalue weighted by Gasteiger charge is 2.26. The molecule has 2 rings (SSSR count). The van der Waals surface area contributed by atoms with Crippen LogP contribution in [0.3, 0.4) is 0 Å². The van der Waals surface area contributed by atoms with Crippen LogP contribution < -0.4 is 10.6 Å². The molecule has 1 heterocycles. The molecule has 1 aromatic carbocycles. The Kier molecular flexibility index (Phi) is 3.90. The van der Waals surface area contributed by atoms with E-state index in [0.717, 1.165) is 11.0 Å². The summed E-state index contributed by atoms with van der Waals surface area (Å²) in [6.07, 6.45) is 1.99. The van der Waals surface area contributed by atoms with Crippen LogP contribution >= 0.6 is 12.2 Å². The second-order valence-corrected chi connectivity index (χ2v) is 4.80. The first-order valence-corrected chi connectivity index (χ1v) is 6.36. The van der Waals surface area contributed by atoms with Crippen LogP contribution in [0.25, 0.3) is 0 Å². The molecule has 1 aromatic rings. The van der Waals surface area contributed by atoms with Crippen molar-refractivity contribution in [3.05, 3.63) is 29.6 Å². The summed E-state index contributed by atoms with van der Waals surface area (Å²) < 4.78 is 13.5. The van der Waals surface area contributed by atoms with Gasteiger partial charge in [0.15, 0.2) is 0 Å². The lowest BCUT2D eigenvalue weighted by Crippen LogP contribution is -2.35. The molecule has 0 spiro atoms. The lowest BCUT2D eigenvalue weighted by atomic mass is 10.1. The molecule has 1 aliphatic heterocycles. The van der Waals surface area contributed by atoms with Gasteiger partial charge in [0.05, 0.1) is 5.69 Å². The molecule has 0 unspecified atom stereocenters. The molecule has 0 aromatic heterocycles. The van der Waals surface area contributed by atoms with E-state index in [1.165, 1.54) is 12.1 Å². The highest BCUT2D eigenvalue weighted by Crippen LogP contribution is 2.24. The third-order valence-electron chi connectivity index (χ3n) is 3.00. The van der Waals surface area contributed by atoms with E-state index < -0.39 is 5.82 Å². The number of rotatable bonds is 2. The van der Waals surface area contributed by atoms with E-state index in [2.05, 4.69) is 0 Å². The maximum Gasteiger partial charge on any atom is 0.233 e. The molecule has 0 radical (unpaired) electrons. The van der Waals surface area contributed by atoms with Gasteiger partial charge in [-0.1, -0.05) is 12.2 Å². The number of anilines is 1. The van der Waals surface area contributed by atoms with Crippen LogP contribution in [0.15, 0.2) is 18.2 Å². The summed E-state index contributed by atoms with van der Waals surface area (Å²) in [6.45, 7) is 0. The third-order valence-corrected chi connectivity index (χ3v) is 3.22. The Hall–Kier alpha value is -1.82. The van der Waals surface area contributed by atoms with Crippen LogP contribution in [0.2, 0.25) is 0 Å². The number of nitrogens with zero attached hydrogens (tertiary/aromatic N) is 1. The molecule has 1 saturated heterocycles. The van der Waals surface area contributed by atoms with Gasteiger partial charge in [-0.25, -0.2) is 4.39 Å². The van der Waals surface area contributed by atoms with E-state index in [1.54, 1.807) is 0 Å². The maximum atomic E-state index is 13.5. The zero-order valence-electron chi connectivity index (χ0n) is 10.2. The third kappa shape index (κ3) is 2.78. The van der Waals surface area contributed by atoms with Crippen molar-refractivity contribution in [3.8, 4) is 0 Å². The summed E-state index contributed by atoms with van der Waals surface area (Å²) in [7, 11) is 0. The smallest absolute Gasteiger partial charge is 0.233 e. The molecule has 0 bridgehead atoms. The number of nitrogens with two attached hydrogens (primary N) is 1. The van der Waals surface area contributed by atoms with Crippen LogP contribution in [-0.4, -0.2) is 16.8 Å². The highest BCUT2D eigenvalue weighted by molar-refractivity contribution is 7.80. The molecule has 0 saturated carbocycles. The van der Waals surface area contributed by atoms with Crippen molar-refractivity contribution in [2.75, 3.05) is 4.90 Å². The second-order valence-electron chi connectivity index (χ2n) is 4.36. The summed E-state index contributed by atoms with van der Waals surface area (Å²) in [6, 6.07) is 3.90. The number of hydrogen-bond acceptors (Lipinski definition) is 3. The molecule has 2 N–H and O–H groups in total. The van der Waals surface area contributed by atoms with E-state index in [0.29, 0.717) is 31.4 Å². The molecule has 0 atom stereocenters. The van der Waals surface area contributed by atoms with E-state index in [9.17, 15) is 14.0 Å². The summed E-state index contributed by atoms with van der Waals surface area (Å²) >= 11 is 4.75. The molecule has 1 fully saturated rings. The van der Waals surface area contributed by atoms with Crippen molar-refractivity contribution in [2.24, 2.45) is 5.73 Å². The van der Waals surface area contributed by atoms with Crippen molar-refractivity contribution in [2.45, 2.75) is 25.7 Å². The minimum Gasteiger partial charge on any atom is -0.389 e. The fourth-order valence-corrected chi connectivity index (χ4v) is 2.20. The Morgan fingerprint density at radius 3 is 2.32 bits per heavy atom. The molecule has 1 aliphatic rings. The molecular weight excluding hydrogens is 267 g/mol. The average molecular weight is 280 g/mol. The van der Waals surface area contributed by atoms with Crippen LogP contribution in [0.1, 0.15) is 31.2 Å². The zero-order chi connectivity index (χ0) is 14.0. The van der Waals surface area contributed by atoms with Gasteiger partial charge < -0.3 is 5.73 Å². The maximum absolute atomic E-state index is 13.5. The van der Waals surface area contributed by atoms with Crippen molar-refractivity contribution in [3.63, 3.8) is 0 Å². The Labute approximate surface area is 115 Å². The predicted molar refractivity (Wildman–Crippen MR) is 73.2 cm³/mol. The topological polar surface area (TPSA) is 63.4 Å². The van der Waals surface area contributed by atoms with Crippen LogP contribution in [0.5, 0.6) is 0 Å². The fraction of sp³-hybridized carbons (Fsp3) is 0.308. The number of carbonyl (C=O) groups is 2. The largest absolute Gasteiger partial charge is 0.389 e. The van der Waals surface area contributed by atoms with E-state index >= 15 is 0 Å². The van der Waals surface area contributed by atoms with Crippen molar-refractivity contribution in [1.82, 2.24) is 0 Å². The Morgan fingerprint density at radius 2 is 1.79 bits per heavy atom. The van der Waals surface area contributed by atoms with E-state index in [1.807, 2.05) is 0 Å². The first-order valence-electron chi connectivity index (χ1n) is 5.96. The van der Waals surface area contributed by atoms with Crippen LogP contribution in [0.4, 0.5) is 10.1 Å². The lowest BCUT2D eigenvalue weighted by Gasteiger charge is -2.19. The molecule has 19 heavy (non-hydrogen) atoms. The highest BCUT2D eigenvalue weighted by atomic mass is 32.1. The van der Waals surface area contributed by atoms with Crippen LogP contribution in [0, 0.1) is 5.82 Å². The SMILES string of the molecule is NC(=S)c1cc(N2C(=O)CCCCC2=O)ccc1F. The second kappa shape index (κ2) is 5.44. The van der Waals surface area contributed by atoms with Gasteiger partial charge in [0.1, 0.15) is 10.8 Å². The van der Waals surface area contributed by atoms with Crippen molar-refractivity contribution in [1.29, 1.82) is 0 Å². The molecular formula is C13H13FN2O2S. The van der Waals surface area contributed by atoms with Gasteiger partial charge in [-0.05, 0) is 31.0 Å². The van der Waals surface area contributed by atoms with E-state index in [4.69, 9.17) is 18.0 Å². The van der Waals surface area contributed by atoms with E-state index in [-0.39, 0.29) is 22.4 Å². The standard InChI is InChI=1S/C13H13FN2O2S/c14-10-6-5-8(7-9(10)13(15)19)16-11(17)3-1-2-4-12(16)18/h5-7H,1-4H2,(H2,15,19). The first kappa shape index (κ1) is 13.6. The van der Waals surface area contributed by atoms with Gasteiger partial charge in [-0.15, -0.1) is 0 Å². The Morgan fingerprint density at radius 1 is 1.21 bits per heavy atom. The predicted octanol–water partition coefficient (Wildman–Crippen LogP) is 1.89. The number of benzene rings is 1. The van der Waals surface area contributed by atoms with Gasteiger partial charge in [0.25, 0.3) is 0 Å². The van der Waals surface area contributed by atoms with Crippen LogP contribution in [-0.2, 0) is 9.59 Å². The van der Waals surface area contributed by atoms with Gasteiger partial charge in [0, 0.05) is 18.4 Å². The number of imide groups is 1. The average Bonchev–Trinajstić information content (AvgIpc) is 2.52. The zero-order valence-corrected chi connectivity index (χ0v) is 11.0. The van der Waals surface area contributed by atoms with Gasteiger partial charge >= 0.3 is 0 Å². The summed E-state index contributed by atoms with van der Waals surface area (Å²) in [4.78, 5) is 24.9. The van der Waals surface area contributed by atoms with Gasteiger partial charge in [-0.2, -0.15) is 0 Å². The Balaban J connectivity index is 2.44. The quantitative estimate of drug-likeness (QED) is 0.664. The van der Waals surface area contributed by atoms with Crippen molar-refractivity contribution >= 4 is 34.7 Å². The number of hydrogen-bond donors (Lipinski definition) is 1. The Bertz CT molecular complexity index is 542. The van der Waals surface area contributed by atoms with Gasteiger partial charge in [-0.3, -0.25) is 14.5 Å². The summed E-state index contributed by atoms with van der Waals surface area (Å²) in [5, 5.41) is 0. The lowest BCUT2D eigenvalue weighted by molar-refractivity contribution is -0.125. The summed E-state index contributed by atoms with van der Waals surface area (Å²) in [5.74, 6) is -1.11. The molecule has 4 nitrogen and oxygen atoms in total. The fourth-order valence-electron chi connectivity index (χ4n) is 2.04.